The number of carbonyl (C=O) groups excluding carboxylic acids is 1. The highest BCUT2D eigenvalue weighted by atomic mass is 35.5. The highest BCUT2D eigenvalue weighted by molar-refractivity contribution is 6.32. The van der Waals surface area contributed by atoms with Crippen molar-refractivity contribution in [3.8, 4) is 11.5 Å². The van der Waals surface area contributed by atoms with Crippen molar-refractivity contribution in [1.82, 2.24) is 4.90 Å². The topological polar surface area (TPSA) is 50.8 Å². The summed E-state index contributed by atoms with van der Waals surface area (Å²) in [4.78, 5) is 14.7. The SMILES string of the molecule is COc1cc(OC)c(N[C@H](C)C(=O)N2C[C@H](C)C[C@@H](C)C2)cc1Cl. The van der Waals surface area contributed by atoms with E-state index in [2.05, 4.69) is 19.2 Å². The van der Waals surface area contributed by atoms with Crippen molar-refractivity contribution in [2.24, 2.45) is 11.8 Å². The molecule has 0 aliphatic carbocycles. The lowest BCUT2D eigenvalue weighted by atomic mass is 9.91. The smallest absolute Gasteiger partial charge is 0.244 e. The van der Waals surface area contributed by atoms with Crippen molar-refractivity contribution < 1.29 is 14.3 Å². The van der Waals surface area contributed by atoms with Gasteiger partial charge < -0.3 is 19.7 Å². The molecule has 3 atom stereocenters. The average Bonchev–Trinajstić information content (AvgIpc) is 2.53. The second-order valence-corrected chi connectivity index (χ2v) is 7.15. The molecule has 1 N–H and O–H groups in total. The number of piperidine rings is 1. The van der Waals surface area contributed by atoms with Gasteiger partial charge in [-0.15, -0.1) is 0 Å². The fourth-order valence-electron chi connectivity index (χ4n) is 3.38. The minimum Gasteiger partial charge on any atom is -0.495 e. The summed E-state index contributed by atoms with van der Waals surface area (Å²) in [5.41, 5.74) is 0.683. The molecule has 1 aromatic rings. The number of carbonyl (C=O) groups is 1. The highest BCUT2D eigenvalue weighted by Crippen LogP contribution is 2.36. The Morgan fingerprint density at radius 2 is 1.79 bits per heavy atom. The number of hydrogen-bond donors (Lipinski definition) is 1. The molecule has 0 unspecified atom stereocenters. The number of methoxy groups -OCH3 is 2. The Morgan fingerprint density at radius 1 is 1.21 bits per heavy atom. The molecular weight excluding hydrogens is 328 g/mol. The molecule has 6 heteroatoms. The molecule has 0 radical (unpaired) electrons. The van der Waals surface area contributed by atoms with Gasteiger partial charge in [-0.2, -0.15) is 0 Å². The zero-order chi connectivity index (χ0) is 17.9. The molecule has 1 heterocycles. The summed E-state index contributed by atoms with van der Waals surface area (Å²) in [6.07, 6.45) is 1.17. The van der Waals surface area contributed by atoms with Crippen LogP contribution in [-0.2, 0) is 4.79 Å². The molecule has 0 saturated carbocycles. The van der Waals surface area contributed by atoms with Crippen molar-refractivity contribution in [3.63, 3.8) is 0 Å². The van der Waals surface area contributed by atoms with Crippen LogP contribution in [0.5, 0.6) is 11.5 Å². The highest BCUT2D eigenvalue weighted by Gasteiger charge is 2.28. The number of anilines is 1. The summed E-state index contributed by atoms with van der Waals surface area (Å²) in [7, 11) is 3.13. The number of ether oxygens (including phenoxy) is 2. The second-order valence-electron chi connectivity index (χ2n) is 6.74. The monoisotopic (exact) mass is 354 g/mol. The normalized spacial score (nSPS) is 22.0. The third kappa shape index (κ3) is 4.26. The van der Waals surface area contributed by atoms with E-state index in [1.165, 1.54) is 6.42 Å². The Bertz CT molecular complexity index is 584. The Labute approximate surface area is 149 Å². The minimum absolute atomic E-state index is 0.0994. The lowest BCUT2D eigenvalue weighted by Crippen LogP contribution is -2.48. The fourth-order valence-corrected chi connectivity index (χ4v) is 3.63. The van der Waals surface area contributed by atoms with Gasteiger partial charge in [-0.05, 0) is 31.2 Å². The first-order valence-corrected chi connectivity index (χ1v) is 8.70. The number of nitrogens with one attached hydrogen (secondary N) is 1. The van der Waals surface area contributed by atoms with Gasteiger partial charge >= 0.3 is 0 Å². The van der Waals surface area contributed by atoms with Crippen LogP contribution in [0.15, 0.2) is 12.1 Å². The fraction of sp³-hybridized carbons (Fsp3) is 0.611. The number of hydrogen-bond acceptors (Lipinski definition) is 4. The molecule has 0 bridgehead atoms. The van der Waals surface area contributed by atoms with Crippen molar-refractivity contribution >= 4 is 23.2 Å². The van der Waals surface area contributed by atoms with Crippen LogP contribution in [0.1, 0.15) is 27.2 Å². The van der Waals surface area contributed by atoms with E-state index in [9.17, 15) is 4.79 Å². The number of benzene rings is 1. The zero-order valence-electron chi connectivity index (χ0n) is 15.1. The van der Waals surface area contributed by atoms with Gasteiger partial charge in [-0.3, -0.25) is 4.79 Å². The van der Waals surface area contributed by atoms with E-state index >= 15 is 0 Å². The predicted molar refractivity (Wildman–Crippen MR) is 97.2 cm³/mol. The number of halogens is 1. The third-order valence-corrected chi connectivity index (χ3v) is 4.69. The lowest BCUT2D eigenvalue weighted by Gasteiger charge is -2.36. The van der Waals surface area contributed by atoms with E-state index in [-0.39, 0.29) is 11.9 Å². The van der Waals surface area contributed by atoms with Crippen LogP contribution in [0, 0.1) is 11.8 Å². The first kappa shape index (κ1) is 18.7. The standard InChI is InChI=1S/C18H27ClN2O3/c1-11-6-12(2)10-21(9-11)18(22)13(3)20-15-7-14(19)16(23-4)8-17(15)24-5/h7-8,11-13,20H,6,9-10H2,1-5H3/t11-,12-,13-/m1/s1. The van der Waals surface area contributed by atoms with E-state index in [0.29, 0.717) is 34.0 Å². The summed E-state index contributed by atoms with van der Waals surface area (Å²) >= 11 is 6.19. The number of amides is 1. The zero-order valence-corrected chi connectivity index (χ0v) is 15.8. The minimum atomic E-state index is -0.360. The van der Waals surface area contributed by atoms with Crippen LogP contribution in [0.25, 0.3) is 0 Å². The van der Waals surface area contributed by atoms with Gasteiger partial charge in [0.2, 0.25) is 5.91 Å². The Kier molecular flexibility index (Phi) is 6.21. The van der Waals surface area contributed by atoms with Crippen LogP contribution in [0.2, 0.25) is 5.02 Å². The van der Waals surface area contributed by atoms with E-state index in [1.54, 1.807) is 26.4 Å². The largest absolute Gasteiger partial charge is 0.495 e. The maximum absolute atomic E-state index is 12.8. The third-order valence-electron chi connectivity index (χ3n) is 4.40. The van der Waals surface area contributed by atoms with Gasteiger partial charge in [0.25, 0.3) is 0 Å². The summed E-state index contributed by atoms with van der Waals surface area (Å²) in [5.74, 6) is 2.31. The van der Waals surface area contributed by atoms with Crippen LogP contribution >= 0.6 is 11.6 Å². The lowest BCUT2D eigenvalue weighted by molar-refractivity contribution is -0.134. The summed E-state index contributed by atoms with van der Waals surface area (Å²) in [5, 5.41) is 3.70. The number of rotatable bonds is 5. The first-order valence-electron chi connectivity index (χ1n) is 8.32. The molecule has 24 heavy (non-hydrogen) atoms. The van der Waals surface area contributed by atoms with Crippen molar-refractivity contribution in [2.45, 2.75) is 33.2 Å². The predicted octanol–water partition coefficient (Wildman–Crippen LogP) is 3.66. The number of likely N-dealkylation sites (tertiary alicyclic amines) is 1. The quantitative estimate of drug-likeness (QED) is 0.876. The molecular formula is C18H27ClN2O3. The van der Waals surface area contributed by atoms with Crippen molar-refractivity contribution in [3.05, 3.63) is 17.2 Å². The first-order chi connectivity index (χ1) is 11.3. The molecule has 1 fully saturated rings. The van der Waals surface area contributed by atoms with Crippen LogP contribution in [0.4, 0.5) is 5.69 Å². The molecule has 0 spiro atoms. The van der Waals surface area contributed by atoms with Gasteiger partial charge in [0.1, 0.15) is 17.5 Å². The number of nitrogens with zero attached hydrogens (tertiary/aromatic N) is 1. The van der Waals surface area contributed by atoms with Gasteiger partial charge in [-0.1, -0.05) is 25.4 Å². The molecule has 5 nitrogen and oxygen atoms in total. The Hall–Kier alpha value is -1.62. The van der Waals surface area contributed by atoms with Crippen LogP contribution in [-0.4, -0.2) is 44.2 Å². The summed E-state index contributed by atoms with van der Waals surface area (Å²) < 4.78 is 10.6. The van der Waals surface area contributed by atoms with Gasteiger partial charge in [0.05, 0.1) is 24.9 Å². The van der Waals surface area contributed by atoms with Crippen molar-refractivity contribution in [1.29, 1.82) is 0 Å². The maximum atomic E-state index is 12.8. The van der Waals surface area contributed by atoms with Crippen LogP contribution < -0.4 is 14.8 Å². The molecule has 0 aromatic heterocycles. The van der Waals surface area contributed by atoms with E-state index in [1.807, 2.05) is 11.8 Å². The molecule has 1 aliphatic rings. The van der Waals surface area contributed by atoms with E-state index in [4.69, 9.17) is 21.1 Å². The maximum Gasteiger partial charge on any atom is 0.244 e. The second kappa shape index (κ2) is 7.97. The van der Waals surface area contributed by atoms with Crippen molar-refractivity contribution in [2.75, 3.05) is 32.6 Å². The Balaban J connectivity index is 2.12. The molecule has 134 valence electrons. The van der Waals surface area contributed by atoms with Crippen LogP contribution in [0.3, 0.4) is 0 Å². The van der Waals surface area contributed by atoms with E-state index < -0.39 is 0 Å². The van der Waals surface area contributed by atoms with Gasteiger partial charge in [-0.25, -0.2) is 0 Å². The molecule has 2 rings (SSSR count). The Morgan fingerprint density at radius 3 is 2.33 bits per heavy atom. The van der Waals surface area contributed by atoms with E-state index in [0.717, 1.165) is 13.1 Å². The molecule has 1 saturated heterocycles. The van der Waals surface area contributed by atoms with Gasteiger partial charge in [0, 0.05) is 19.2 Å². The van der Waals surface area contributed by atoms with Gasteiger partial charge in [0.15, 0.2) is 0 Å². The summed E-state index contributed by atoms with van der Waals surface area (Å²) in [6.45, 7) is 7.88. The average molecular weight is 355 g/mol. The summed E-state index contributed by atoms with van der Waals surface area (Å²) in [6, 6.07) is 3.08. The molecule has 1 amide bonds. The molecule has 1 aromatic carbocycles. The molecule has 1 aliphatic heterocycles.